The Morgan fingerprint density at radius 3 is 2.23 bits per heavy atom. The third kappa shape index (κ3) is 2.84. The number of nitrogens with two attached hydrogens (primary N) is 2. The molecule has 0 saturated heterocycles. The van der Waals surface area contributed by atoms with Crippen molar-refractivity contribution in [1.82, 2.24) is 9.47 Å². The summed E-state index contributed by atoms with van der Waals surface area (Å²) >= 11 is 6.69. The fraction of sp³-hybridized carbons (Fsp3) is 0.368. The molecule has 1 atom stereocenters. The SMILES string of the molecule is CC(C)(C)C1c2c(C(N)=O)c(-c3ccccc3)c(Cl)n2CCN1C(N)=O. The van der Waals surface area contributed by atoms with Gasteiger partial charge in [-0.15, -0.1) is 0 Å². The second-order valence-electron chi connectivity index (χ2n) is 7.61. The Balaban J connectivity index is 2.36. The predicted molar refractivity (Wildman–Crippen MR) is 102 cm³/mol. The Morgan fingerprint density at radius 2 is 1.73 bits per heavy atom. The second kappa shape index (κ2) is 6.36. The van der Waals surface area contributed by atoms with Crippen LogP contribution < -0.4 is 11.5 Å². The zero-order valence-corrected chi connectivity index (χ0v) is 15.9. The highest BCUT2D eigenvalue weighted by Gasteiger charge is 2.43. The van der Waals surface area contributed by atoms with E-state index in [2.05, 4.69) is 0 Å². The fourth-order valence-electron chi connectivity index (χ4n) is 3.83. The summed E-state index contributed by atoms with van der Waals surface area (Å²) < 4.78 is 1.89. The van der Waals surface area contributed by atoms with Crippen molar-refractivity contribution in [3.63, 3.8) is 0 Å². The minimum absolute atomic E-state index is 0.354. The van der Waals surface area contributed by atoms with Crippen LogP contribution in [0.25, 0.3) is 11.1 Å². The summed E-state index contributed by atoms with van der Waals surface area (Å²) in [6, 6.07) is 8.49. The van der Waals surface area contributed by atoms with Gasteiger partial charge in [0.25, 0.3) is 5.91 Å². The molecule has 1 unspecified atom stereocenters. The minimum Gasteiger partial charge on any atom is -0.366 e. The molecule has 2 aromatic rings. The molecule has 3 rings (SSSR count). The number of amides is 3. The monoisotopic (exact) mass is 374 g/mol. The summed E-state index contributed by atoms with van der Waals surface area (Å²) in [4.78, 5) is 26.1. The maximum Gasteiger partial charge on any atom is 0.315 e. The van der Waals surface area contributed by atoms with Crippen LogP contribution in [0, 0.1) is 5.41 Å². The van der Waals surface area contributed by atoms with Crippen LogP contribution in [0.5, 0.6) is 0 Å². The highest BCUT2D eigenvalue weighted by Crippen LogP contribution is 2.47. The Kier molecular flexibility index (Phi) is 4.48. The lowest BCUT2D eigenvalue weighted by molar-refractivity contribution is 0.0919. The topological polar surface area (TPSA) is 94.3 Å². The lowest BCUT2D eigenvalue weighted by Crippen LogP contribution is -2.49. The molecule has 0 fully saturated rings. The zero-order chi connectivity index (χ0) is 19.2. The number of aromatic nitrogens is 1. The first-order chi connectivity index (χ1) is 12.1. The van der Waals surface area contributed by atoms with Crippen LogP contribution >= 0.6 is 11.6 Å². The lowest BCUT2D eigenvalue weighted by atomic mass is 9.81. The van der Waals surface area contributed by atoms with Gasteiger partial charge < -0.3 is 20.9 Å². The van der Waals surface area contributed by atoms with E-state index in [4.69, 9.17) is 23.1 Å². The molecule has 26 heavy (non-hydrogen) atoms. The summed E-state index contributed by atoms with van der Waals surface area (Å²) in [6.07, 6.45) is 0. The molecule has 0 saturated carbocycles. The Bertz CT molecular complexity index is 868. The molecule has 1 aromatic heterocycles. The van der Waals surface area contributed by atoms with Crippen LogP contribution in [0.3, 0.4) is 0 Å². The Labute approximate surface area is 157 Å². The smallest absolute Gasteiger partial charge is 0.315 e. The minimum atomic E-state index is -0.569. The van der Waals surface area contributed by atoms with Crippen molar-refractivity contribution in [2.45, 2.75) is 33.4 Å². The second-order valence-corrected chi connectivity index (χ2v) is 7.97. The number of primary amides is 2. The van der Waals surface area contributed by atoms with Crippen molar-refractivity contribution in [3.8, 4) is 11.1 Å². The first-order valence-electron chi connectivity index (χ1n) is 8.47. The number of fused-ring (bicyclic) bond motifs is 1. The Morgan fingerprint density at radius 1 is 1.12 bits per heavy atom. The van der Waals surface area contributed by atoms with Gasteiger partial charge in [-0.1, -0.05) is 62.7 Å². The van der Waals surface area contributed by atoms with E-state index in [0.29, 0.717) is 35.1 Å². The molecule has 0 aliphatic carbocycles. The van der Waals surface area contributed by atoms with Crippen molar-refractivity contribution < 1.29 is 9.59 Å². The predicted octanol–water partition coefficient (Wildman–Crippen LogP) is 3.39. The quantitative estimate of drug-likeness (QED) is 0.842. The van der Waals surface area contributed by atoms with E-state index in [-0.39, 0.29) is 5.41 Å². The fourth-order valence-corrected chi connectivity index (χ4v) is 4.21. The number of halogens is 1. The summed E-state index contributed by atoms with van der Waals surface area (Å²) in [7, 11) is 0. The molecule has 138 valence electrons. The summed E-state index contributed by atoms with van der Waals surface area (Å²) in [5.41, 5.74) is 13.4. The van der Waals surface area contributed by atoms with Crippen LogP contribution in [-0.2, 0) is 6.54 Å². The molecule has 0 bridgehead atoms. The van der Waals surface area contributed by atoms with Crippen LogP contribution in [0.2, 0.25) is 5.15 Å². The molecule has 4 N–H and O–H groups in total. The normalized spacial score (nSPS) is 17.1. The van der Waals surface area contributed by atoms with E-state index in [0.717, 1.165) is 5.56 Å². The first-order valence-corrected chi connectivity index (χ1v) is 8.85. The van der Waals surface area contributed by atoms with E-state index in [1.807, 2.05) is 55.7 Å². The van der Waals surface area contributed by atoms with Gasteiger partial charge in [0.15, 0.2) is 0 Å². The van der Waals surface area contributed by atoms with Gasteiger partial charge in [-0.25, -0.2) is 4.79 Å². The third-order valence-electron chi connectivity index (χ3n) is 4.79. The van der Waals surface area contributed by atoms with Gasteiger partial charge in [0.2, 0.25) is 0 Å². The van der Waals surface area contributed by atoms with Crippen molar-refractivity contribution in [3.05, 3.63) is 46.7 Å². The highest BCUT2D eigenvalue weighted by molar-refractivity contribution is 6.33. The number of hydrogen-bond acceptors (Lipinski definition) is 2. The summed E-state index contributed by atoms with van der Waals surface area (Å²) in [5.74, 6) is -0.569. The lowest BCUT2D eigenvalue weighted by Gasteiger charge is -2.43. The number of carbonyl (C=O) groups is 2. The largest absolute Gasteiger partial charge is 0.366 e. The standard InChI is InChI=1S/C19H23ClN4O2/c1-19(2,3)15-14-13(17(21)25)12(11-7-5-4-6-8-11)16(20)23(14)9-10-24(15)18(22)26/h4-8,15H,9-10H2,1-3H3,(H2,21,25)(H2,22,26). The summed E-state index contributed by atoms with van der Waals surface area (Å²) in [6.45, 7) is 6.87. The number of carbonyl (C=O) groups excluding carboxylic acids is 2. The zero-order valence-electron chi connectivity index (χ0n) is 15.1. The van der Waals surface area contributed by atoms with E-state index in [9.17, 15) is 9.59 Å². The molecule has 1 aromatic carbocycles. The molecule has 2 heterocycles. The van der Waals surface area contributed by atoms with Gasteiger partial charge in [0.05, 0.1) is 17.3 Å². The van der Waals surface area contributed by atoms with E-state index in [1.165, 1.54) is 0 Å². The van der Waals surface area contributed by atoms with Gasteiger partial charge in [-0.05, 0) is 11.0 Å². The number of benzene rings is 1. The van der Waals surface area contributed by atoms with Crippen molar-refractivity contribution in [2.75, 3.05) is 6.54 Å². The molecule has 1 aliphatic rings. The maximum atomic E-state index is 12.4. The average Bonchev–Trinajstić information content (AvgIpc) is 2.87. The van der Waals surface area contributed by atoms with Crippen molar-refractivity contribution >= 4 is 23.5 Å². The van der Waals surface area contributed by atoms with Gasteiger partial charge in [-0.2, -0.15) is 0 Å². The summed E-state index contributed by atoms with van der Waals surface area (Å²) in [5, 5.41) is 0.457. The number of urea groups is 1. The van der Waals surface area contributed by atoms with Crippen LogP contribution in [0.1, 0.15) is 42.9 Å². The van der Waals surface area contributed by atoms with Crippen molar-refractivity contribution in [1.29, 1.82) is 0 Å². The van der Waals surface area contributed by atoms with E-state index >= 15 is 0 Å². The van der Waals surface area contributed by atoms with Gasteiger partial charge in [0, 0.05) is 18.7 Å². The first kappa shape index (κ1) is 18.3. The van der Waals surface area contributed by atoms with Gasteiger partial charge in [-0.3, -0.25) is 4.79 Å². The molecule has 1 aliphatic heterocycles. The van der Waals surface area contributed by atoms with Crippen LogP contribution in [-0.4, -0.2) is 28.0 Å². The maximum absolute atomic E-state index is 12.4. The van der Waals surface area contributed by atoms with Crippen molar-refractivity contribution in [2.24, 2.45) is 16.9 Å². The Hall–Kier alpha value is -2.47. The molecule has 7 heteroatoms. The van der Waals surface area contributed by atoms with E-state index < -0.39 is 18.0 Å². The molecular weight excluding hydrogens is 352 g/mol. The van der Waals surface area contributed by atoms with Gasteiger partial charge >= 0.3 is 6.03 Å². The molecular formula is C19H23ClN4O2. The van der Waals surface area contributed by atoms with Crippen LogP contribution in [0.15, 0.2) is 30.3 Å². The molecule has 0 radical (unpaired) electrons. The molecule has 6 nitrogen and oxygen atoms in total. The number of nitrogens with zero attached hydrogens (tertiary/aromatic N) is 2. The average molecular weight is 375 g/mol. The highest BCUT2D eigenvalue weighted by atomic mass is 35.5. The molecule has 0 spiro atoms. The third-order valence-corrected chi connectivity index (χ3v) is 5.18. The van der Waals surface area contributed by atoms with Crippen LogP contribution in [0.4, 0.5) is 4.79 Å². The van der Waals surface area contributed by atoms with Gasteiger partial charge in [0.1, 0.15) is 5.15 Å². The number of hydrogen-bond donors (Lipinski definition) is 2. The van der Waals surface area contributed by atoms with E-state index in [1.54, 1.807) is 4.90 Å². The molecule has 3 amide bonds. The number of rotatable bonds is 2.